The van der Waals surface area contributed by atoms with Crippen LogP contribution < -0.4 is 10.3 Å². The molecule has 1 N–H and O–H groups in total. The first kappa shape index (κ1) is 20.0. The highest BCUT2D eigenvalue weighted by Crippen LogP contribution is 2.43. The van der Waals surface area contributed by atoms with Crippen molar-refractivity contribution < 1.29 is 27.8 Å². The van der Waals surface area contributed by atoms with E-state index in [1.807, 2.05) is 0 Å². The summed E-state index contributed by atoms with van der Waals surface area (Å²) in [6.07, 6.45) is -3.63. The Bertz CT molecular complexity index is 1010. The van der Waals surface area contributed by atoms with Gasteiger partial charge in [0.15, 0.2) is 0 Å². The fourth-order valence-corrected chi connectivity index (χ4v) is 3.53. The predicted molar refractivity (Wildman–Crippen MR) is 96.7 cm³/mol. The van der Waals surface area contributed by atoms with E-state index in [2.05, 4.69) is 0 Å². The Morgan fingerprint density at radius 1 is 1.32 bits per heavy atom. The summed E-state index contributed by atoms with van der Waals surface area (Å²) < 4.78 is 47.9. The maximum absolute atomic E-state index is 13.7. The fraction of sp³-hybridized carbons (Fsp3) is 0.400. The summed E-state index contributed by atoms with van der Waals surface area (Å²) in [6, 6.07) is 3.79. The first-order valence-electron chi connectivity index (χ1n) is 8.83. The number of halogens is 3. The summed E-state index contributed by atoms with van der Waals surface area (Å²) in [6.45, 7) is 3.24. The lowest BCUT2D eigenvalue weighted by Gasteiger charge is -2.26. The lowest BCUT2D eigenvalue weighted by atomic mass is 9.87. The Balaban J connectivity index is 2.36. The van der Waals surface area contributed by atoms with Crippen LogP contribution in [-0.4, -0.2) is 22.2 Å². The average Bonchev–Trinajstić information content (AvgIpc) is 2.64. The first-order valence-corrected chi connectivity index (χ1v) is 8.83. The van der Waals surface area contributed by atoms with E-state index in [1.165, 1.54) is 33.0 Å². The van der Waals surface area contributed by atoms with Crippen LogP contribution in [0.3, 0.4) is 0 Å². The minimum absolute atomic E-state index is 0.0453. The number of carboxylic acid groups (broad SMARTS) is 1. The molecule has 0 amide bonds. The van der Waals surface area contributed by atoms with Gasteiger partial charge in [-0.25, -0.2) is 0 Å². The van der Waals surface area contributed by atoms with Gasteiger partial charge in [-0.2, -0.15) is 13.2 Å². The van der Waals surface area contributed by atoms with Crippen LogP contribution in [0.5, 0.6) is 5.75 Å². The molecule has 8 heteroatoms. The van der Waals surface area contributed by atoms with Crippen LogP contribution in [0.1, 0.15) is 41.6 Å². The molecular formula is C20H20F3NO4. The van der Waals surface area contributed by atoms with E-state index >= 15 is 0 Å². The van der Waals surface area contributed by atoms with E-state index in [0.717, 1.165) is 10.6 Å². The molecule has 1 aliphatic rings. The third-order valence-corrected chi connectivity index (χ3v) is 5.20. The molecule has 2 aromatic rings. The monoisotopic (exact) mass is 395 g/mol. The molecule has 3 rings (SSSR count). The second-order valence-corrected chi connectivity index (χ2v) is 6.96. The van der Waals surface area contributed by atoms with Gasteiger partial charge in [0.05, 0.1) is 23.7 Å². The molecule has 0 spiro atoms. The van der Waals surface area contributed by atoms with Gasteiger partial charge in [-0.3, -0.25) is 9.59 Å². The molecule has 0 saturated heterocycles. The smallest absolute Gasteiger partial charge is 0.417 e. The largest absolute Gasteiger partial charge is 0.493 e. The number of aliphatic carboxylic acids is 1. The van der Waals surface area contributed by atoms with E-state index in [0.29, 0.717) is 30.6 Å². The Kier molecular flexibility index (Phi) is 4.99. The zero-order valence-electron chi connectivity index (χ0n) is 15.7. The number of hydrogen-bond acceptors (Lipinski definition) is 3. The molecule has 2 heterocycles. The Hall–Kier alpha value is -2.77. The standard InChI is InChI=1S/C20H20F3NO4/c1-10-9-15(20(21,22)23)16(18(25)24(10)3)14-7-6-12(11(2)19(26)27)13-5-4-8-28-17(13)14/h6-7,9,11H,4-5,8H2,1-3H3,(H,26,27). The maximum atomic E-state index is 13.7. The number of hydrogen-bond donors (Lipinski definition) is 1. The SMILES string of the molecule is Cc1cc(C(F)(F)F)c(-c2ccc(C(C)C(=O)O)c3c2OCCC3)c(=O)n1C. The van der Waals surface area contributed by atoms with Gasteiger partial charge >= 0.3 is 12.1 Å². The topological polar surface area (TPSA) is 68.5 Å². The number of ether oxygens (including phenoxy) is 1. The molecule has 28 heavy (non-hydrogen) atoms. The number of pyridine rings is 1. The predicted octanol–water partition coefficient (Wildman–Crippen LogP) is 3.89. The number of nitrogens with zero attached hydrogens (tertiary/aromatic N) is 1. The second-order valence-electron chi connectivity index (χ2n) is 6.96. The second kappa shape index (κ2) is 7.00. The van der Waals surface area contributed by atoms with Crippen LogP contribution in [0.15, 0.2) is 23.0 Å². The lowest BCUT2D eigenvalue weighted by molar-refractivity contribution is -0.138. The molecule has 1 aromatic carbocycles. The first-order chi connectivity index (χ1) is 13.0. The molecule has 150 valence electrons. The fourth-order valence-electron chi connectivity index (χ4n) is 3.53. The Morgan fingerprint density at radius 3 is 2.61 bits per heavy atom. The average molecular weight is 395 g/mol. The zero-order chi connectivity index (χ0) is 20.8. The van der Waals surface area contributed by atoms with Crippen molar-refractivity contribution in [2.24, 2.45) is 7.05 Å². The number of aromatic nitrogens is 1. The molecule has 0 saturated carbocycles. The highest BCUT2D eigenvalue weighted by atomic mass is 19.4. The van der Waals surface area contributed by atoms with Crippen LogP contribution in [0, 0.1) is 6.92 Å². The molecule has 1 aromatic heterocycles. The van der Waals surface area contributed by atoms with Crippen LogP contribution in [0.25, 0.3) is 11.1 Å². The molecule has 5 nitrogen and oxygen atoms in total. The molecule has 0 bridgehead atoms. The number of benzene rings is 1. The van der Waals surface area contributed by atoms with E-state index in [4.69, 9.17) is 4.74 Å². The summed E-state index contributed by atoms with van der Waals surface area (Å²) in [5, 5.41) is 9.34. The zero-order valence-corrected chi connectivity index (χ0v) is 15.7. The van der Waals surface area contributed by atoms with Gasteiger partial charge in [0.2, 0.25) is 0 Å². The van der Waals surface area contributed by atoms with Gasteiger partial charge in [0.1, 0.15) is 5.75 Å². The summed E-state index contributed by atoms with van der Waals surface area (Å²) >= 11 is 0. The minimum Gasteiger partial charge on any atom is -0.493 e. The quantitative estimate of drug-likeness (QED) is 0.856. The summed E-state index contributed by atoms with van der Waals surface area (Å²) in [5.41, 5.74) is -1.01. The van der Waals surface area contributed by atoms with Crippen LogP contribution in [-0.2, 0) is 24.4 Å². The Morgan fingerprint density at radius 2 is 2.00 bits per heavy atom. The van der Waals surface area contributed by atoms with Crippen molar-refractivity contribution in [2.45, 2.75) is 38.8 Å². The number of alkyl halides is 3. The van der Waals surface area contributed by atoms with Gasteiger partial charge in [-0.15, -0.1) is 0 Å². The molecule has 0 radical (unpaired) electrons. The van der Waals surface area contributed by atoms with Gasteiger partial charge in [-0.1, -0.05) is 12.1 Å². The highest BCUT2D eigenvalue weighted by molar-refractivity contribution is 5.80. The maximum Gasteiger partial charge on any atom is 0.417 e. The molecule has 0 fully saturated rings. The van der Waals surface area contributed by atoms with Crippen molar-refractivity contribution in [1.82, 2.24) is 4.57 Å². The van der Waals surface area contributed by atoms with Crippen molar-refractivity contribution in [3.63, 3.8) is 0 Å². The molecular weight excluding hydrogens is 375 g/mol. The van der Waals surface area contributed by atoms with Crippen molar-refractivity contribution in [2.75, 3.05) is 6.61 Å². The van der Waals surface area contributed by atoms with Gasteiger partial charge in [-0.05, 0) is 43.9 Å². The number of carbonyl (C=O) groups is 1. The summed E-state index contributed by atoms with van der Waals surface area (Å²) in [4.78, 5) is 24.2. The van der Waals surface area contributed by atoms with Crippen molar-refractivity contribution >= 4 is 5.97 Å². The van der Waals surface area contributed by atoms with Gasteiger partial charge in [0, 0.05) is 18.3 Å². The van der Waals surface area contributed by atoms with Gasteiger partial charge in [0.25, 0.3) is 5.56 Å². The molecule has 1 unspecified atom stereocenters. The van der Waals surface area contributed by atoms with Crippen LogP contribution in [0.2, 0.25) is 0 Å². The summed E-state index contributed by atoms with van der Waals surface area (Å²) in [7, 11) is 1.41. The Labute approximate surface area is 159 Å². The van der Waals surface area contributed by atoms with E-state index in [1.54, 1.807) is 0 Å². The normalized spacial score (nSPS) is 14.9. The number of rotatable bonds is 3. The van der Waals surface area contributed by atoms with Crippen LogP contribution in [0.4, 0.5) is 13.2 Å². The number of aryl methyl sites for hydroxylation is 1. The molecule has 0 aliphatic carbocycles. The summed E-state index contributed by atoms with van der Waals surface area (Å²) in [5.74, 6) is -1.71. The minimum atomic E-state index is -4.72. The number of fused-ring (bicyclic) bond motifs is 1. The third kappa shape index (κ3) is 3.27. The highest BCUT2D eigenvalue weighted by Gasteiger charge is 2.37. The van der Waals surface area contributed by atoms with Crippen molar-refractivity contribution in [1.29, 1.82) is 0 Å². The van der Waals surface area contributed by atoms with E-state index in [-0.39, 0.29) is 17.0 Å². The molecule has 1 atom stereocenters. The van der Waals surface area contributed by atoms with E-state index in [9.17, 15) is 27.9 Å². The van der Waals surface area contributed by atoms with Crippen molar-refractivity contribution in [3.8, 4) is 16.9 Å². The molecule has 1 aliphatic heterocycles. The van der Waals surface area contributed by atoms with Crippen molar-refractivity contribution in [3.05, 3.63) is 50.9 Å². The number of carboxylic acids is 1. The lowest BCUT2D eigenvalue weighted by Crippen LogP contribution is -2.26. The van der Waals surface area contributed by atoms with Crippen LogP contribution >= 0.6 is 0 Å². The van der Waals surface area contributed by atoms with Gasteiger partial charge < -0.3 is 14.4 Å². The van der Waals surface area contributed by atoms with E-state index < -0.39 is 34.7 Å². The third-order valence-electron chi connectivity index (χ3n) is 5.20.